The largest absolute Gasteiger partial charge is 0.396 e. The van der Waals surface area contributed by atoms with Crippen molar-refractivity contribution in [3.05, 3.63) is 0 Å². The van der Waals surface area contributed by atoms with E-state index < -0.39 is 5.60 Å². The monoisotopic (exact) mass is 243 g/mol. The minimum absolute atomic E-state index is 0.00734. The number of amides is 1. The highest BCUT2D eigenvalue weighted by atomic mass is 16.5. The van der Waals surface area contributed by atoms with Crippen LogP contribution >= 0.6 is 0 Å². The zero-order chi connectivity index (χ0) is 12.9. The zero-order valence-corrected chi connectivity index (χ0v) is 11.2. The molecule has 1 atom stereocenters. The second kappa shape index (κ2) is 5.83. The van der Waals surface area contributed by atoms with Crippen molar-refractivity contribution in [3.8, 4) is 0 Å². The Kier molecular flexibility index (Phi) is 4.95. The number of nitrogens with one attached hydrogen (secondary N) is 1. The van der Waals surface area contributed by atoms with Gasteiger partial charge in [0.05, 0.1) is 0 Å². The highest BCUT2D eigenvalue weighted by Gasteiger charge is 2.38. The normalized spacial score (nSPS) is 24.9. The zero-order valence-electron chi connectivity index (χ0n) is 11.2. The molecule has 0 spiro atoms. The van der Waals surface area contributed by atoms with E-state index in [9.17, 15) is 4.79 Å². The average molecular weight is 243 g/mol. The molecule has 0 aromatic rings. The van der Waals surface area contributed by atoms with Gasteiger partial charge in [0.25, 0.3) is 5.91 Å². The van der Waals surface area contributed by atoms with Crippen molar-refractivity contribution in [1.29, 1.82) is 0 Å². The van der Waals surface area contributed by atoms with E-state index >= 15 is 0 Å². The van der Waals surface area contributed by atoms with Gasteiger partial charge in [-0.15, -0.1) is 0 Å². The molecule has 2 N–H and O–H groups in total. The lowest BCUT2D eigenvalue weighted by atomic mass is 9.87. The number of aliphatic hydroxyl groups excluding tert-OH is 1. The van der Waals surface area contributed by atoms with Gasteiger partial charge in [-0.1, -0.05) is 13.8 Å². The molecule has 0 saturated carbocycles. The van der Waals surface area contributed by atoms with Crippen LogP contribution in [0.2, 0.25) is 0 Å². The molecule has 0 aromatic heterocycles. The standard InChI is InChI=1S/C13H25NO3/c1-12(2,6-4-8-15)10-14-11(16)13(3)7-5-9-17-13/h15H,4-10H2,1-3H3,(H,14,16). The van der Waals surface area contributed by atoms with Gasteiger partial charge in [-0.25, -0.2) is 0 Å². The Bertz CT molecular complexity index is 257. The Morgan fingerprint density at radius 2 is 2.24 bits per heavy atom. The van der Waals surface area contributed by atoms with Crippen LogP contribution in [0.3, 0.4) is 0 Å². The van der Waals surface area contributed by atoms with E-state index in [0.717, 1.165) is 25.7 Å². The quantitative estimate of drug-likeness (QED) is 0.742. The molecule has 1 aliphatic heterocycles. The molecule has 0 aromatic carbocycles. The molecule has 1 saturated heterocycles. The molecule has 17 heavy (non-hydrogen) atoms. The number of hydrogen-bond donors (Lipinski definition) is 2. The molecule has 1 unspecified atom stereocenters. The number of carbonyl (C=O) groups excluding carboxylic acids is 1. The summed E-state index contributed by atoms with van der Waals surface area (Å²) in [6, 6.07) is 0. The molecule has 1 amide bonds. The summed E-state index contributed by atoms with van der Waals surface area (Å²) < 4.78 is 5.50. The molecule has 1 rings (SSSR count). The summed E-state index contributed by atoms with van der Waals surface area (Å²) in [5.41, 5.74) is -0.611. The third kappa shape index (κ3) is 4.28. The van der Waals surface area contributed by atoms with Gasteiger partial charge in [-0.3, -0.25) is 4.79 Å². The Hall–Kier alpha value is -0.610. The number of ether oxygens (including phenoxy) is 1. The van der Waals surface area contributed by atoms with E-state index in [-0.39, 0.29) is 17.9 Å². The van der Waals surface area contributed by atoms with Crippen LogP contribution in [0.5, 0.6) is 0 Å². The fourth-order valence-corrected chi connectivity index (χ4v) is 2.11. The highest BCUT2D eigenvalue weighted by molar-refractivity contribution is 5.85. The van der Waals surface area contributed by atoms with Gasteiger partial charge in [0.1, 0.15) is 5.60 Å². The van der Waals surface area contributed by atoms with Crippen molar-refractivity contribution in [1.82, 2.24) is 5.32 Å². The van der Waals surface area contributed by atoms with E-state index in [4.69, 9.17) is 9.84 Å². The lowest BCUT2D eigenvalue weighted by molar-refractivity contribution is -0.140. The molecule has 4 nitrogen and oxygen atoms in total. The summed E-state index contributed by atoms with van der Waals surface area (Å²) in [5.74, 6) is -0.00734. The summed E-state index contributed by atoms with van der Waals surface area (Å²) in [5, 5.41) is 11.8. The Morgan fingerprint density at radius 1 is 1.53 bits per heavy atom. The van der Waals surface area contributed by atoms with Crippen LogP contribution in [-0.2, 0) is 9.53 Å². The second-order valence-electron chi connectivity index (χ2n) is 5.86. The first kappa shape index (κ1) is 14.5. The van der Waals surface area contributed by atoms with Crippen LogP contribution in [0.1, 0.15) is 46.5 Å². The molecule has 0 radical (unpaired) electrons. The van der Waals surface area contributed by atoms with E-state index in [1.165, 1.54) is 0 Å². The molecule has 1 heterocycles. The van der Waals surface area contributed by atoms with Gasteiger partial charge in [0.2, 0.25) is 0 Å². The van der Waals surface area contributed by atoms with Crippen molar-refractivity contribution in [2.75, 3.05) is 19.8 Å². The van der Waals surface area contributed by atoms with Crippen molar-refractivity contribution in [3.63, 3.8) is 0 Å². The summed E-state index contributed by atoms with van der Waals surface area (Å²) in [7, 11) is 0. The fraction of sp³-hybridized carbons (Fsp3) is 0.923. The van der Waals surface area contributed by atoms with Crippen molar-refractivity contribution < 1.29 is 14.6 Å². The van der Waals surface area contributed by atoms with Crippen LogP contribution in [-0.4, -0.2) is 36.4 Å². The minimum Gasteiger partial charge on any atom is -0.396 e. The number of hydrogen-bond acceptors (Lipinski definition) is 3. The third-order valence-corrected chi connectivity index (χ3v) is 3.44. The first-order valence-corrected chi connectivity index (χ1v) is 6.43. The molecule has 1 fully saturated rings. The Labute approximate surface area is 104 Å². The number of carbonyl (C=O) groups is 1. The predicted molar refractivity (Wildman–Crippen MR) is 66.7 cm³/mol. The molecular formula is C13H25NO3. The van der Waals surface area contributed by atoms with E-state index in [0.29, 0.717) is 13.2 Å². The number of aliphatic hydroxyl groups is 1. The Morgan fingerprint density at radius 3 is 2.76 bits per heavy atom. The molecule has 0 aliphatic carbocycles. The first-order chi connectivity index (χ1) is 7.90. The summed E-state index contributed by atoms with van der Waals surface area (Å²) >= 11 is 0. The van der Waals surface area contributed by atoms with Gasteiger partial charge in [-0.2, -0.15) is 0 Å². The fourth-order valence-electron chi connectivity index (χ4n) is 2.11. The number of rotatable bonds is 6. The van der Waals surface area contributed by atoms with Gasteiger partial charge in [-0.05, 0) is 38.0 Å². The van der Waals surface area contributed by atoms with Crippen molar-refractivity contribution in [2.45, 2.75) is 52.1 Å². The van der Waals surface area contributed by atoms with Gasteiger partial charge in [0.15, 0.2) is 0 Å². The highest BCUT2D eigenvalue weighted by Crippen LogP contribution is 2.26. The SMILES string of the molecule is CC(C)(CCCO)CNC(=O)C1(C)CCCO1. The maximum Gasteiger partial charge on any atom is 0.251 e. The summed E-state index contributed by atoms with van der Waals surface area (Å²) in [4.78, 5) is 12.0. The first-order valence-electron chi connectivity index (χ1n) is 6.43. The van der Waals surface area contributed by atoms with Crippen LogP contribution in [0, 0.1) is 5.41 Å². The minimum atomic E-state index is -0.632. The summed E-state index contributed by atoms with van der Waals surface area (Å²) in [6.07, 6.45) is 3.44. The van der Waals surface area contributed by atoms with Gasteiger partial charge < -0.3 is 15.2 Å². The summed E-state index contributed by atoms with van der Waals surface area (Å²) in [6.45, 7) is 7.57. The van der Waals surface area contributed by atoms with E-state index in [1.54, 1.807) is 0 Å². The Balaban J connectivity index is 2.36. The molecule has 100 valence electrons. The molecule has 0 bridgehead atoms. The maximum absolute atomic E-state index is 12.0. The van der Waals surface area contributed by atoms with Crippen LogP contribution < -0.4 is 5.32 Å². The van der Waals surface area contributed by atoms with E-state index in [1.807, 2.05) is 6.92 Å². The second-order valence-corrected chi connectivity index (χ2v) is 5.86. The maximum atomic E-state index is 12.0. The smallest absolute Gasteiger partial charge is 0.251 e. The van der Waals surface area contributed by atoms with Crippen LogP contribution in [0.15, 0.2) is 0 Å². The van der Waals surface area contributed by atoms with Gasteiger partial charge in [0, 0.05) is 19.8 Å². The van der Waals surface area contributed by atoms with Gasteiger partial charge >= 0.3 is 0 Å². The predicted octanol–water partition coefficient (Wildman–Crippen LogP) is 1.47. The lowest BCUT2D eigenvalue weighted by Gasteiger charge is -2.28. The van der Waals surface area contributed by atoms with Crippen molar-refractivity contribution >= 4 is 5.91 Å². The molecule has 1 aliphatic rings. The lowest BCUT2D eigenvalue weighted by Crippen LogP contribution is -2.46. The van der Waals surface area contributed by atoms with Crippen LogP contribution in [0.25, 0.3) is 0 Å². The molecular weight excluding hydrogens is 218 g/mol. The van der Waals surface area contributed by atoms with Crippen molar-refractivity contribution in [2.24, 2.45) is 5.41 Å². The topological polar surface area (TPSA) is 58.6 Å². The third-order valence-electron chi connectivity index (χ3n) is 3.44. The van der Waals surface area contributed by atoms with Crippen LogP contribution in [0.4, 0.5) is 0 Å². The average Bonchev–Trinajstić information content (AvgIpc) is 2.72. The van der Waals surface area contributed by atoms with E-state index in [2.05, 4.69) is 19.2 Å². The molecule has 4 heteroatoms.